The first-order valence-corrected chi connectivity index (χ1v) is 10.9. The molecule has 0 heterocycles. The highest BCUT2D eigenvalue weighted by Gasteiger charge is 2.08. The Bertz CT molecular complexity index is 846. The first-order valence-electron chi connectivity index (χ1n) is 10.9. The number of esters is 1. The standard InChI is InChI=1S/C23H30O3.C4H11NO/c1-8-26-23(24)14-17(3)11-9-10-16(2)12-13-21-18(4)15-22(25-7)20(6)19(21)5;1-5(2)3-4-6/h9-15H,8H2,1-7H3;6H,3-4H2,1-2H3/b11-9+,13-12+,16-10+,17-14+;. The average Bonchev–Trinajstić information content (AvgIpc) is 2.71. The number of hydrogen-bond acceptors (Lipinski definition) is 5. The molecule has 0 saturated heterocycles. The van der Waals surface area contributed by atoms with E-state index < -0.39 is 0 Å². The van der Waals surface area contributed by atoms with Crippen LogP contribution in [0.3, 0.4) is 0 Å². The van der Waals surface area contributed by atoms with Crippen molar-refractivity contribution < 1.29 is 19.4 Å². The van der Waals surface area contributed by atoms with Gasteiger partial charge in [0.2, 0.25) is 0 Å². The molecule has 5 heteroatoms. The number of nitrogens with zero attached hydrogens (tertiary/aromatic N) is 1. The molecule has 0 fully saturated rings. The van der Waals surface area contributed by atoms with Crippen molar-refractivity contribution >= 4 is 12.0 Å². The number of aliphatic hydroxyl groups is 1. The lowest BCUT2D eigenvalue weighted by Gasteiger charge is -2.13. The minimum absolute atomic E-state index is 0.257. The first-order chi connectivity index (χ1) is 15.1. The van der Waals surface area contributed by atoms with Gasteiger partial charge in [0.15, 0.2) is 0 Å². The van der Waals surface area contributed by atoms with Crippen molar-refractivity contribution in [3.8, 4) is 5.75 Å². The van der Waals surface area contributed by atoms with E-state index in [-0.39, 0.29) is 12.6 Å². The number of ether oxygens (including phenoxy) is 2. The molecule has 1 aromatic carbocycles. The topological polar surface area (TPSA) is 59.0 Å². The van der Waals surface area contributed by atoms with E-state index in [2.05, 4.69) is 39.0 Å². The summed E-state index contributed by atoms with van der Waals surface area (Å²) in [6.45, 7) is 13.4. The van der Waals surface area contributed by atoms with Crippen molar-refractivity contribution in [3.05, 3.63) is 69.8 Å². The second-order valence-corrected chi connectivity index (χ2v) is 7.83. The minimum Gasteiger partial charge on any atom is -0.496 e. The van der Waals surface area contributed by atoms with Gasteiger partial charge in [-0.05, 0) is 89.5 Å². The lowest BCUT2D eigenvalue weighted by atomic mass is 9.96. The Morgan fingerprint density at radius 1 is 1.09 bits per heavy atom. The number of carbonyl (C=O) groups excluding carboxylic acids is 1. The molecule has 1 N–H and O–H groups in total. The minimum atomic E-state index is -0.309. The summed E-state index contributed by atoms with van der Waals surface area (Å²) in [5, 5.41) is 8.20. The molecule has 0 amide bonds. The number of carbonyl (C=O) groups is 1. The van der Waals surface area contributed by atoms with Crippen LogP contribution in [-0.2, 0) is 9.53 Å². The van der Waals surface area contributed by atoms with E-state index in [1.165, 1.54) is 28.3 Å². The van der Waals surface area contributed by atoms with E-state index in [1.54, 1.807) is 14.0 Å². The van der Waals surface area contributed by atoms with Gasteiger partial charge in [-0.15, -0.1) is 0 Å². The summed E-state index contributed by atoms with van der Waals surface area (Å²) >= 11 is 0. The van der Waals surface area contributed by atoms with Gasteiger partial charge in [-0.3, -0.25) is 0 Å². The van der Waals surface area contributed by atoms with Gasteiger partial charge in [0.25, 0.3) is 0 Å². The number of likely N-dealkylation sites (N-methyl/N-ethyl adjacent to an activating group) is 1. The summed E-state index contributed by atoms with van der Waals surface area (Å²) in [6, 6.07) is 2.07. The first kappa shape index (κ1) is 29.4. The summed E-state index contributed by atoms with van der Waals surface area (Å²) in [4.78, 5) is 13.3. The highest BCUT2D eigenvalue weighted by molar-refractivity contribution is 5.83. The monoisotopic (exact) mass is 443 g/mol. The van der Waals surface area contributed by atoms with Crippen LogP contribution < -0.4 is 4.74 Å². The molecule has 178 valence electrons. The molecule has 0 aliphatic heterocycles. The maximum absolute atomic E-state index is 11.4. The van der Waals surface area contributed by atoms with Crippen LogP contribution in [-0.4, -0.2) is 56.9 Å². The van der Waals surface area contributed by atoms with Crippen LogP contribution in [0.15, 0.2) is 47.6 Å². The smallest absolute Gasteiger partial charge is 0.330 e. The molecule has 0 radical (unpaired) electrons. The Morgan fingerprint density at radius 2 is 1.75 bits per heavy atom. The molecular weight excluding hydrogens is 402 g/mol. The van der Waals surface area contributed by atoms with E-state index >= 15 is 0 Å². The fraction of sp³-hybridized carbons (Fsp3) is 0.444. The van der Waals surface area contributed by atoms with Gasteiger partial charge >= 0.3 is 5.97 Å². The number of rotatable bonds is 9. The molecule has 0 aromatic heterocycles. The van der Waals surface area contributed by atoms with Crippen LogP contribution >= 0.6 is 0 Å². The summed E-state index contributed by atoms with van der Waals surface area (Å²) in [7, 11) is 5.56. The van der Waals surface area contributed by atoms with Crippen LogP contribution in [0, 0.1) is 20.8 Å². The zero-order valence-electron chi connectivity index (χ0n) is 21.3. The van der Waals surface area contributed by atoms with Gasteiger partial charge in [0.1, 0.15) is 5.75 Å². The molecule has 0 aliphatic carbocycles. The highest BCUT2D eigenvalue weighted by Crippen LogP contribution is 2.28. The quantitative estimate of drug-likeness (QED) is 0.323. The van der Waals surface area contributed by atoms with Gasteiger partial charge < -0.3 is 19.5 Å². The molecular formula is C27H41NO4. The number of allylic oxidation sites excluding steroid dienone is 6. The lowest BCUT2D eigenvalue weighted by molar-refractivity contribution is -0.137. The molecule has 0 unspecified atom stereocenters. The third kappa shape index (κ3) is 11.7. The Kier molecular flexibility index (Phi) is 14.7. The predicted octanol–water partition coefficient (Wildman–Crippen LogP) is 5.19. The van der Waals surface area contributed by atoms with E-state index in [9.17, 15) is 4.79 Å². The zero-order chi connectivity index (χ0) is 24.7. The fourth-order valence-corrected chi connectivity index (χ4v) is 2.77. The third-order valence-electron chi connectivity index (χ3n) is 4.74. The number of aryl methyl sites for hydroxylation is 1. The fourth-order valence-electron chi connectivity index (χ4n) is 2.77. The summed E-state index contributed by atoms with van der Waals surface area (Å²) in [5.74, 6) is 0.618. The van der Waals surface area contributed by atoms with Crippen molar-refractivity contribution in [1.82, 2.24) is 4.90 Å². The molecule has 1 aromatic rings. The molecule has 0 saturated carbocycles. The second-order valence-electron chi connectivity index (χ2n) is 7.83. The van der Waals surface area contributed by atoms with Crippen LogP contribution in [0.5, 0.6) is 5.75 Å². The second kappa shape index (κ2) is 16.1. The number of benzene rings is 1. The Labute approximate surface area is 194 Å². The maximum atomic E-state index is 11.4. The van der Waals surface area contributed by atoms with E-state index in [0.29, 0.717) is 6.61 Å². The largest absolute Gasteiger partial charge is 0.496 e. The van der Waals surface area contributed by atoms with Crippen molar-refractivity contribution in [1.29, 1.82) is 0 Å². The molecule has 1 rings (SSSR count). The molecule has 32 heavy (non-hydrogen) atoms. The van der Waals surface area contributed by atoms with E-state index in [4.69, 9.17) is 14.6 Å². The van der Waals surface area contributed by atoms with Crippen LogP contribution in [0.1, 0.15) is 43.0 Å². The maximum Gasteiger partial charge on any atom is 0.330 e. The number of aliphatic hydroxyl groups excluding tert-OH is 1. The normalized spacial score (nSPS) is 12.3. The Balaban J connectivity index is 0.00000140. The molecule has 0 bridgehead atoms. The van der Waals surface area contributed by atoms with Crippen LogP contribution in [0.4, 0.5) is 0 Å². The van der Waals surface area contributed by atoms with Gasteiger partial charge in [-0.1, -0.05) is 36.0 Å². The summed E-state index contributed by atoms with van der Waals surface area (Å²) < 4.78 is 10.3. The van der Waals surface area contributed by atoms with E-state index in [1.807, 2.05) is 51.1 Å². The molecule has 0 spiro atoms. The van der Waals surface area contributed by atoms with Gasteiger partial charge in [0.05, 0.1) is 20.3 Å². The Morgan fingerprint density at radius 3 is 2.25 bits per heavy atom. The lowest BCUT2D eigenvalue weighted by Crippen LogP contribution is -2.15. The third-order valence-corrected chi connectivity index (χ3v) is 4.74. The average molecular weight is 444 g/mol. The Hall–Kier alpha value is -2.63. The van der Waals surface area contributed by atoms with Crippen LogP contribution in [0.25, 0.3) is 6.08 Å². The number of hydrogen-bond donors (Lipinski definition) is 1. The molecule has 5 nitrogen and oxygen atoms in total. The van der Waals surface area contributed by atoms with Gasteiger partial charge in [-0.2, -0.15) is 0 Å². The highest BCUT2D eigenvalue weighted by atomic mass is 16.5. The predicted molar refractivity (Wildman–Crippen MR) is 135 cm³/mol. The van der Waals surface area contributed by atoms with Crippen molar-refractivity contribution in [3.63, 3.8) is 0 Å². The molecule has 0 atom stereocenters. The molecule has 0 aliphatic rings. The number of methoxy groups -OCH3 is 1. The zero-order valence-corrected chi connectivity index (χ0v) is 21.3. The SMILES string of the molecule is CCOC(=O)/C=C(C)/C=C/C=C(C)/C=C/c1c(C)cc(OC)c(C)c1C.CN(C)CCO. The van der Waals surface area contributed by atoms with Crippen molar-refractivity contribution in [2.45, 2.75) is 41.5 Å². The van der Waals surface area contributed by atoms with Gasteiger partial charge in [0, 0.05) is 12.6 Å². The van der Waals surface area contributed by atoms with E-state index in [0.717, 1.165) is 23.4 Å². The summed E-state index contributed by atoms with van der Waals surface area (Å²) in [6.07, 6.45) is 11.6. The van der Waals surface area contributed by atoms with Crippen molar-refractivity contribution in [2.24, 2.45) is 0 Å². The van der Waals surface area contributed by atoms with Gasteiger partial charge in [-0.25, -0.2) is 4.79 Å². The summed E-state index contributed by atoms with van der Waals surface area (Å²) in [5.41, 5.74) is 6.79. The van der Waals surface area contributed by atoms with Crippen molar-refractivity contribution in [2.75, 3.05) is 41.0 Å². The van der Waals surface area contributed by atoms with Crippen LogP contribution in [0.2, 0.25) is 0 Å².